The van der Waals surface area contributed by atoms with Crippen LogP contribution < -0.4 is 15.5 Å². The minimum Gasteiger partial charge on any atom is -0.760 e. The highest BCUT2D eigenvalue weighted by atomic mass is 32.2. The van der Waals surface area contributed by atoms with Gasteiger partial charge in [0.1, 0.15) is 5.82 Å². The topological polar surface area (TPSA) is 123 Å². The van der Waals surface area contributed by atoms with Crippen LogP contribution in [0.25, 0.3) is 5.52 Å². The third kappa shape index (κ3) is 5.41. The van der Waals surface area contributed by atoms with Gasteiger partial charge in [-0.15, -0.1) is 5.10 Å². The standard InChI is InChI=1S/C23H26N8O3S/c1-29(35(32)33)16-21-20(3-2-10-24-21)27-22-9-8-19-15-25-23(28-31(19)22)26-17-4-6-18(7-5-17)30-11-13-34-14-12-30/h2-10,15,27H,11-14,16H2,1H3,(H,26,28)(H,32,33)/p-1. The van der Waals surface area contributed by atoms with Gasteiger partial charge in [-0.25, -0.2) is 13.8 Å². The van der Waals surface area contributed by atoms with E-state index in [1.807, 2.05) is 30.3 Å². The van der Waals surface area contributed by atoms with Crippen molar-refractivity contribution in [3.63, 3.8) is 0 Å². The molecule has 182 valence electrons. The number of rotatable bonds is 8. The van der Waals surface area contributed by atoms with Crippen molar-refractivity contribution in [1.29, 1.82) is 0 Å². The normalized spacial score (nSPS) is 14.9. The van der Waals surface area contributed by atoms with Gasteiger partial charge in [0, 0.05) is 41.9 Å². The van der Waals surface area contributed by atoms with E-state index in [2.05, 4.69) is 42.7 Å². The van der Waals surface area contributed by atoms with Gasteiger partial charge in [-0.3, -0.25) is 9.19 Å². The van der Waals surface area contributed by atoms with E-state index in [0.717, 1.165) is 43.2 Å². The monoisotopic (exact) mass is 493 g/mol. The molecule has 0 radical (unpaired) electrons. The zero-order valence-corrected chi connectivity index (χ0v) is 19.9. The summed E-state index contributed by atoms with van der Waals surface area (Å²) in [5.74, 6) is 1.15. The molecular weight excluding hydrogens is 468 g/mol. The fourth-order valence-electron chi connectivity index (χ4n) is 3.84. The number of aromatic nitrogens is 4. The van der Waals surface area contributed by atoms with Crippen LogP contribution >= 0.6 is 0 Å². The second kappa shape index (κ2) is 10.4. The Labute approximate surface area is 205 Å². The van der Waals surface area contributed by atoms with Crippen LogP contribution in [0, 0.1) is 0 Å². The van der Waals surface area contributed by atoms with E-state index in [-0.39, 0.29) is 6.54 Å². The largest absolute Gasteiger partial charge is 0.760 e. The lowest BCUT2D eigenvalue weighted by atomic mass is 10.2. The molecule has 1 aromatic carbocycles. The molecule has 35 heavy (non-hydrogen) atoms. The number of nitrogens with zero attached hydrogens (tertiary/aromatic N) is 6. The molecular formula is C23H25N8O3S-. The third-order valence-corrected chi connectivity index (χ3v) is 6.32. The summed E-state index contributed by atoms with van der Waals surface area (Å²) in [6.07, 6.45) is 3.37. The molecule has 4 heterocycles. The van der Waals surface area contributed by atoms with Gasteiger partial charge in [0.2, 0.25) is 5.95 Å². The Morgan fingerprint density at radius 3 is 2.66 bits per heavy atom. The summed E-state index contributed by atoms with van der Waals surface area (Å²) in [5, 5.41) is 11.2. The predicted octanol–water partition coefficient (Wildman–Crippen LogP) is 2.67. The van der Waals surface area contributed by atoms with Crippen LogP contribution in [0.1, 0.15) is 5.69 Å². The molecule has 0 bridgehead atoms. The molecule has 0 spiro atoms. The molecule has 0 saturated carbocycles. The first-order valence-corrected chi connectivity index (χ1v) is 12.2. The van der Waals surface area contributed by atoms with E-state index < -0.39 is 11.3 Å². The Bertz CT molecular complexity index is 1320. The number of hydrogen-bond acceptors (Lipinski definition) is 9. The van der Waals surface area contributed by atoms with Crippen LogP contribution in [0.2, 0.25) is 0 Å². The van der Waals surface area contributed by atoms with Crippen LogP contribution in [0.4, 0.5) is 28.8 Å². The van der Waals surface area contributed by atoms with Crippen molar-refractivity contribution in [2.24, 2.45) is 0 Å². The van der Waals surface area contributed by atoms with Crippen molar-refractivity contribution in [3.05, 3.63) is 66.6 Å². The summed E-state index contributed by atoms with van der Waals surface area (Å²) in [7, 11) is 1.49. The molecule has 5 rings (SSSR count). The molecule has 1 aliphatic rings. The highest BCUT2D eigenvalue weighted by Gasteiger charge is 2.13. The fraction of sp³-hybridized carbons (Fsp3) is 0.261. The Kier molecular flexibility index (Phi) is 6.86. The van der Waals surface area contributed by atoms with Gasteiger partial charge in [0.25, 0.3) is 0 Å². The van der Waals surface area contributed by atoms with Gasteiger partial charge in [-0.1, -0.05) is 0 Å². The number of hydrogen-bond donors (Lipinski definition) is 2. The van der Waals surface area contributed by atoms with Crippen molar-refractivity contribution < 1.29 is 13.5 Å². The molecule has 1 aliphatic heterocycles. The Hall–Kier alpha value is -3.58. The highest BCUT2D eigenvalue weighted by Crippen LogP contribution is 2.24. The number of fused-ring (bicyclic) bond motifs is 1. The number of nitrogens with one attached hydrogen (secondary N) is 2. The first-order valence-electron chi connectivity index (χ1n) is 11.1. The summed E-state index contributed by atoms with van der Waals surface area (Å²) >= 11 is -2.33. The van der Waals surface area contributed by atoms with Crippen LogP contribution in [0.5, 0.6) is 0 Å². The van der Waals surface area contributed by atoms with E-state index in [4.69, 9.17) is 4.74 Å². The van der Waals surface area contributed by atoms with Gasteiger partial charge >= 0.3 is 0 Å². The lowest BCUT2D eigenvalue weighted by Gasteiger charge is -2.28. The molecule has 1 atom stereocenters. The van der Waals surface area contributed by atoms with Crippen molar-refractivity contribution >= 4 is 45.6 Å². The Balaban J connectivity index is 1.34. The first-order chi connectivity index (χ1) is 17.1. The second-order valence-electron chi connectivity index (χ2n) is 8.03. The van der Waals surface area contributed by atoms with Crippen LogP contribution in [-0.4, -0.2) is 66.0 Å². The summed E-state index contributed by atoms with van der Waals surface area (Å²) < 4.78 is 30.8. The molecule has 1 unspecified atom stereocenters. The maximum absolute atomic E-state index is 11.2. The second-order valence-corrected chi connectivity index (χ2v) is 9.09. The SMILES string of the molecule is CN(Cc1ncccc1Nc1ccc2cnc(Nc3ccc(N4CCOCC4)cc3)nn12)S(=O)[O-]. The maximum Gasteiger partial charge on any atom is 0.245 e. The first kappa shape index (κ1) is 23.2. The number of morpholine rings is 1. The van der Waals surface area contributed by atoms with E-state index in [1.165, 1.54) is 11.4 Å². The minimum atomic E-state index is -2.33. The zero-order chi connectivity index (χ0) is 24.2. The molecule has 11 nitrogen and oxygen atoms in total. The quantitative estimate of drug-likeness (QED) is 0.357. The lowest BCUT2D eigenvalue weighted by Crippen LogP contribution is -2.36. The lowest BCUT2D eigenvalue weighted by molar-refractivity contribution is 0.122. The average Bonchev–Trinajstić information content (AvgIpc) is 3.28. The van der Waals surface area contributed by atoms with Crippen LogP contribution in [0.15, 0.2) is 60.9 Å². The molecule has 2 N–H and O–H groups in total. The van der Waals surface area contributed by atoms with Gasteiger partial charge in [0.15, 0.2) is 0 Å². The summed E-state index contributed by atoms with van der Waals surface area (Å²) in [4.78, 5) is 11.1. The van der Waals surface area contributed by atoms with Gasteiger partial charge in [0.05, 0.1) is 42.9 Å². The maximum atomic E-state index is 11.2. The molecule has 0 amide bonds. The van der Waals surface area contributed by atoms with Crippen molar-refractivity contribution in [2.75, 3.05) is 48.9 Å². The molecule has 3 aromatic heterocycles. The summed E-state index contributed by atoms with van der Waals surface area (Å²) in [5.41, 5.74) is 4.14. The van der Waals surface area contributed by atoms with Crippen molar-refractivity contribution in [3.8, 4) is 0 Å². The van der Waals surface area contributed by atoms with E-state index in [1.54, 1.807) is 23.0 Å². The molecule has 0 aliphatic carbocycles. The predicted molar refractivity (Wildman–Crippen MR) is 134 cm³/mol. The van der Waals surface area contributed by atoms with E-state index in [0.29, 0.717) is 23.1 Å². The molecule has 12 heteroatoms. The van der Waals surface area contributed by atoms with Gasteiger partial charge in [-0.05, 0) is 55.6 Å². The van der Waals surface area contributed by atoms with E-state index in [9.17, 15) is 8.76 Å². The molecule has 1 saturated heterocycles. The third-order valence-electron chi connectivity index (χ3n) is 5.68. The van der Waals surface area contributed by atoms with E-state index >= 15 is 0 Å². The van der Waals surface area contributed by atoms with Crippen molar-refractivity contribution in [1.82, 2.24) is 23.9 Å². The van der Waals surface area contributed by atoms with Gasteiger partial charge < -0.3 is 24.8 Å². The Morgan fingerprint density at radius 1 is 1.09 bits per heavy atom. The summed E-state index contributed by atoms with van der Waals surface area (Å²) in [6, 6.07) is 15.6. The molecule has 4 aromatic rings. The number of ether oxygens (including phenoxy) is 1. The van der Waals surface area contributed by atoms with Gasteiger partial charge in [-0.2, -0.15) is 0 Å². The zero-order valence-electron chi connectivity index (χ0n) is 19.1. The minimum absolute atomic E-state index is 0.144. The number of anilines is 5. The fourth-order valence-corrected chi connectivity index (χ4v) is 4.07. The number of pyridine rings is 1. The molecule has 1 fully saturated rings. The van der Waals surface area contributed by atoms with Crippen LogP contribution in [0.3, 0.4) is 0 Å². The Morgan fingerprint density at radius 2 is 1.89 bits per heavy atom. The van der Waals surface area contributed by atoms with Crippen molar-refractivity contribution in [2.45, 2.75) is 6.54 Å². The smallest absolute Gasteiger partial charge is 0.245 e. The van der Waals surface area contributed by atoms with Crippen LogP contribution in [-0.2, 0) is 22.5 Å². The highest BCUT2D eigenvalue weighted by molar-refractivity contribution is 7.76. The average molecular weight is 494 g/mol. The summed E-state index contributed by atoms with van der Waals surface area (Å²) in [6.45, 7) is 3.41. The number of benzene rings is 1.